The number of aliphatic hydroxyl groups is 1. The maximum Gasteiger partial charge on any atom is 0.113 e. The molecule has 1 aliphatic rings. The Morgan fingerprint density at radius 1 is 1.38 bits per heavy atom. The fraction of sp³-hybridized carbons (Fsp3) is 0.455. The number of benzene rings is 1. The van der Waals surface area contributed by atoms with Crippen molar-refractivity contribution in [1.82, 2.24) is 5.32 Å². The lowest BCUT2D eigenvalue weighted by atomic mass is 10.2. The summed E-state index contributed by atoms with van der Waals surface area (Å²) < 4.78 is 0. The van der Waals surface area contributed by atoms with Crippen molar-refractivity contribution in [3.63, 3.8) is 0 Å². The second-order valence-corrected chi connectivity index (χ2v) is 4.15. The van der Waals surface area contributed by atoms with Gasteiger partial charge in [-0.25, -0.2) is 0 Å². The van der Waals surface area contributed by atoms with Gasteiger partial charge in [0.05, 0.1) is 10.7 Å². The first kappa shape index (κ1) is 11.5. The Kier molecular flexibility index (Phi) is 3.88. The molecule has 0 atom stereocenters. The van der Waals surface area contributed by atoms with Gasteiger partial charge in [0.25, 0.3) is 0 Å². The van der Waals surface area contributed by atoms with E-state index in [-0.39, 0.29) is 6.73 Å². The van der Waals surface area contributed by atoms with Crippen LogP contribution in [0.1, 0.15) is 0 Å². The number of hydrogen-bond donors (Lipinski definition) is 3. The molecule has 2 rings (SSSR count). The summed E-state index contributed by atoms with van der Waals surface area (Å²) in [5, 5.41) is 15.6. The molecule has 88 valence electrons. The summed E-state index contributed by atoms with van der Waals surface area (Å²) in [6.07, 6.45) is 0. The van der Waals surface area contributed by atoms with E-state index < -0.39 is 0 Å². The maximum absolute atomic E-state index is 8.76. The molecule has 1 fully saturated rings. The molecule has 3 N–H and O–H groups in total. The number of hydrogen-bond acceptors (Lipinski definition) is 4. The first-order valence-corrected chi connectivity index (χ1v) is 5.79. The molecule has 0 amide bonds. The smallest absolute Gasteiger partial charge is 0.113 e. The molecule has 1 aromatic carbocycles. The van der Waals surface area contributed by atoms with Gasteiger partial charge in [0.15, 0.2) is 0 Å². The van der Waals surface area contributed by atoms with E-state index >= 15 is 0 Å². The molecule has 4 nitrogen and oxygen atoms in total. The van der Waals surface area contributed by atoms with Crippen LogP contribution in [0.5, 0.6) is 0 Å². The van der Waals surface area contributed by atoms with Gasteiger partial charge in [-0.1, -0.05) is 11.6 Å². The van der Waals surface area contributed by atoms with Crippen LogP contribution in [0.15, 0.2) is 18.2 Å². The average Bonchev–Trinajstić information content (AvgIpc) is 2.31. The third-order valence-electron chi connectivity index (χ3n) is 2.69. The predicted octanol–water partition coefficient (Wildman–Crippen LogP) is 1.11. The lowest BCUT2D eigenvalue weighted by molar-refractivity contribution is 0.325. The van der Waals surface area contributed by atoms with E-state index in [1.54, 1.807) is 0 Å². The summed E-state index contributed by atoms with van der Waals surface area (Å²) in [6, 6.07) is 5.76. The largest absolute Gasteiger partial charge is 0.377 e. The molecular weight excluding hydrogens is 226 g/mol. The second-order valence-electron chi connectivity index (χ2n) is 3.74. The van der Waals surface area contributed by atoms with Crippen LogP contribution in [-0.2, 0) is 0 Å². The van der Waals surface area contributed by atoms with Gasteiger partial charge in [0.2, 0.25) is 0 Å². The molecule has 0 saturated carbocycles. The number of nitrogens with zero attached hydrogens (tertiary/aromatic N) is 1. The molecule has 0 bridgehead atoms. The minimum absolute atomic E-state index is 0.0800. The quantitative estimate of drug-likeness (QED) is 0.694. The van der Waals surface area contributed by atoms with Crippen LogP contribution >= 0.6 is 11.6 Å². The van der Waals surface area contributed by atoms with E-state index in [0.717, 1.165) is 42.6 Å². The highest BCUT2D eigenvalue weighted by Gasteiger charge is 2.13. The first-order chi connectivity index (χ1) is 7.81. The van der Waals surface area contributed by atoms with E-state index in [9.17, 15) is 0 Å². The molecule has 5 heteroatoms. The molecule has 1 heterocycles. The Balaban J connectivity index is 2.14. The monoisotopic (exact) mass is 241 g/mol. The SMILES string of the molecule is OCNc1ccc(N2CCNCC2)c(Cl)c1. The van der Waals surface area contributed by atoms with Crippen LogP contribution < -0.4 is 15.5 Å². The van der Waals surface area contributed by atoms with Crippen molar-refractivity contribution in [1.29, 1.82) is 0 Å². The van der Waals surface area contributed by atoms with E-state index in [4.69, 9.17) is 16.7 Å². The minimum atomic E-state index is -0.0800. The van der Waals surface area contributed by atoms with Gasteiger partial charge in [-0.05, 0) is 18.2 Å². The molecule has 0 spiro atoms. The Labute approximate surface area is 100 Å². The highest BCUT2D eigenvalue weighted by Crippen LogP contribution is 2.28. The maximum atomic E-state index is 8.76. The van der Waals surface area contributed by atoms with Gasteiger partial charge in [-0.3, -0.25) is 0 Å². The average molecular weight is 242 g/mol. The zero-order valence-electron chi connectivity index (χ0n) is 9.04. The Morgan fingerprint density at radius 3 is 2.75 bits per heavy atom. The van der Waals surface area contributed by atoms with Crippen LogP contribution in [0.2, 0.25) is 5.02 Å². The molecule has 1 aromatic rings. The van der Waals surface area contributed by atoms with Gasteiger partial charge in [0, 0.05) is 31.9 Å². The lowest BCUT2D eigenvalue weighted by Gasteiger charge is -2.30. The van der Waals surface area contributed by atoms with Gasteiger partial charge >= 0.3 is 0 Å². The van der Waals surface area contributed by atoms with Gasteiger partial charge in [-0.15, -0.1) is 0 Å². The minimum Gasteiger partial charge on any atom is -0.377 e. The second kappa shape index (κ2) is 5.39. The van der Waals surface area contributed by atoms with Gasteiger partial charge in [-0.2, -0.15) is 0 Å². The molecule has 1 aliphatic heterocycles. The standard InChI is InChI=1S/C11H16ClN3O/c12-10-7-9(14-8-16)1-2-11(10)15-5-3-13-4-6-15/h1-2,7,13-14,16H,3-6,8H2. The Bertz CT molecular complexity index is 353. The molecule has 1 saturated heterocycles. The van der Waals surface area contributed by atoms with Crippen molar-refractivity contribution in [3.8, 4) is 0 Å². The first-order valence-electron chi connectivity index (χ1n) is 5.41. The summed E-state index contributed by atoms with van der Waals surface area (Å²) in [5.41, 5.74) is 1.90. The molecule has 0 unspecified atom stereocenters. The number of aliphatic hydroxyl groups excluding tert-OH is 1. The van der Waals surface area contributed by atoms with Crippen molar-refractivity contribution < 1.29 is 5.11 Å². The van der Waals surface area contributed by atoms with Crippen molar-refractivity contribution in [2.75, 3.05) is 43.1 Å². The Hall–Kier alpha value is -0.970. The zero-order chi connectivity index (χ0) is 11.4. The lowest BCUT2D eigenvalue weighted by Crippen LogP contribution is -2.43. The number of halogens is 1. The zero-order valence-corrected chi connectivity index (χ0v) is 9.80. The molecule has 0 aliphatic carbocycles. The van der Waals surface area contributed by atoms with Crippen molar-refractivity contribution >= 4 is 23.0 Å². The summed E-state index contributed by atoms with van der Waals surface area (Å²) >= 11 is 6.21. The summed E-state index contributed by atoms with van der Waals surface area (Å²) in [5.74, 6) is 0. The number of nitrogens with one attached hydrogen (secondary N) is 2. The number of rotatable bonds is 3. The van der Waals surface area contributed by atoms with E-state index in [1.165, 1.54) is 0 Å². The molecule has 0 aromatic heterocycles. The third-order valence-corrected chi connectivity index (χ3v) is 2.99. The van der Waals surface area contributed by atoms with Gasteiger partial charge in [0.1, 0.15) is 6.73 Å². The number of piperazine rings is 1. The van der Waals surface area contributed by atoms with Crippen LogP contribution in [0, 0.1) is 0 Å². The van der Waals surface area contributed by atoms with Crippen LogP contribution in [0.3, 0.4) is 0 Å². The van der Waals surface area contributed by atoms with E-state index in [2.05, 4.69) is 15.5 Å². The van der Waals surface area contributed by atoms with Crippen molar-refractivity contribution in [2.45, 2.75) is 0 Å². The molecule has 16 heavy (non-hydrogen) atoms. The third kappa shape index (κ3) is 2.58. The van der Waals surface area contributed by atoms with Crippen molar-refractivity contribution in [3.05, 3.63) is 23.2 Å². The predicted molar refractivity (Wildman–Crippen MR) is 67.2 cm³/mol. The summed E-state index contributed by atoms with van der Waals surface area (Å²) in [4.78, 5) is 2.27. The fourth-order valence-electron chi connectivity index (χ4n) is 1.87. The summed E-state index contributed by atoms with van der Waals surface area (Å²) in [7, 11) is 0. The summed E-state index contributed by atoms with van der Waals surface area (Å²) in [6.45, 7) is 3.86. The fourth-order valence-corrected chi connectivity index (χ4v) is 2.17. The number of anilines is 2. The normalized spacial score (nSPS) is 16.2. The van der Waals surface area contributed by atoms with Crippen LogP contribution in [-0.4, -0.2) is 38.0 Å². The van der Waals surface area contributed by atoms with E-state index in [1.807, 2.05) is 18.2 Å². The molecular formula is C11H16ClN3O. The van der Waals surface area contributed by atoms with Crippen molar-refractivity contribution in [2.24, 2.45) is 0 Å². The Morgan fingerprint density at radius 2 is 2.12 bits per heavy atom. The topological polar surface area (TPSA) is 47.5 Å². The highest BCUT2D eigenvalue weighted by atomic mass is 35.5. The van der Waals surface area contributed by atoms with Crippen LogP contribution in [0.4, 0.5) is 11.4 Å². The van der Waals surface area contributed by atoms with Crippen LogP contribution in [0.25, 0.3) is 0 Å². The van der Waals surface area contributed by atoms with E-state index in [0.29, 0.717) is 0 Å². The molecule has 0 radical (unpaired) electrons. The van der Waals surface area contributed by atoms with Gasteiger partial charge < -0.3 is 20.6 Å². The highest BCUT2D eigenvalue weighted by molar-refractivity contribution is 6.33.